The van der Waals surface area contributed by atoms with Crippen molar-refractivity contribution in [3.63, 3.8) is 0 Å². The van der Waals surface area contributed by atoms with E-state index in [1.165, 1.54) is 5.56 Å². The van der Waals surface area contributed by atoms with E-state index in [0.717, 1.165) is 19.4 Å². The minimum atomic E-state index is -3.27. The second kappa shape index (κ2) is 7.04. The van der Waals surface area contributed by atoms with Crippen LogP contribution in [0.15, 0.2) is 59.5 Å². The van der Waals surface area contributed by atoms with Crippen molar-refractivity contribution in [2.24, 2.45) is 0 Å². The lowest BCUT2D eigenvalue weighted by Crippen LogP contribution is -2.29. The summed E-state index contributed by atoms with van der Waals surface area (Å²) < 4.78 is 24.9. The van der Waals surface area contributed by atoms with Gasteiger partial charge in [0.15, 0.2) is 9.84 Å². The van der Waals surface area contributed by atoms with Crippen LogP contribution in [0, 0.1) is 0 Å². The number of sulfone groups is 1. The highest BCUT2D eigenvalue weighted by Gasteiger charge is 2.27. The fourth-order valence-electron chi connectivity index (χ4n) is 3.14. The minimum Gasteiger partial charge on any atom is -0.295 e. The maximum Gasteiger partial charge on any atom is 0.179 e. The van der Waals surface area contributed by atoms with E-state index < -0.39 is 9.84 Å². The highest BCUT2D eigenvalue weighted by Crippen LogP contribution is 2.31. The third-order valence-electron chi connectivity index (χ3n) is 4.37. The molecule has 1 aliphatic heterocycles. The molecular weight excluding hydrogens is 330 g/mol. The quantitative estimate of drug-likeness (QED) is 0.820. The van der Waals surface area contributed by atoms with Gasteiger partial charge in [-0.2, -0.15) is 0 Å². The Morgan fingerprint density at radius 3 is 2.43 bits per heavy atom. The lowest BCUT2D eigenvalue weighted by Gasteiger charge is -2.24. The molecule has 122 valence electrons. The molecule has 0 radical (unpaired) electrons. The summed E-state index contributed by atoms with van der Waals surface area (Å²) in [6, 6.07) is 17.1. The number of rotatable bonds is 5. The monoisotopic (exact) mass is 349 g/mol. The van der Waals surface area contributed by atoms with Crippen LogP contribution < -0.4 is 0 Å². The third-order valence-corrected chi connectivity index (χ3v) is 6.33. The second-order valence-electron chi connectivity index (χ2n) is 5.88. The molecule has 3 rings (SSSR count). The van der Waals surface area contributed by atoms with Gasteiger partial charge < -0.3 is 0 Å². The molecule has 0 N–H and O–H groups in total. The van der Waals surface area contributed by atoms with Gasteiger partial charge in [-0.25, -0.2) is 8.42 Å². The van der Waals surface area contributed by atoms with E-state index in [2.05, 4.69) is 17.0 Å². The predicted molar refractivity (Wildman–Crippen MR) is 93.5 cm³/mol. The standard InChI is InChI=1S/C18H20ClNO2S/c19-16-8-10-17(11-9-16)23(21,22)14-13-20-12-4-7-18(20)15-5-2-1-3-6-15/h1-3,5-6,8-11,18H,4,7,12-14H2. The average Bonchev–Trinajstić information content (AvgIpc) is 3.03. The highest BCUT2D eigenvalue weighted by molar-refractivity contribution is 7.91. The zero-order valence-electron chi connectivity index (χ0n) is 12.9. The van der Waals surface area contributed by atoms with Gasteiger partial charge in [-0.05, 0) is 49.2 Å². The molecule has 1 fully saturated rings. The Balaban J connectivity index is 1.68. The zero-order valence-corrected chi connectivity index (χ0v) is 14.4. The van der Waals surface area contributed by atoms with E-state index in [9.17, 15) is 8.42 Å². The summed E-state index contributed by atoms with van der Waals surface area (Å²) in [5.41, 5.74) is 1.27. The smallest absolute Gasteiger partial charge is 0.179 e. The van der Waals surface area contributed by atoms with Gasteiger partial charge in [-0.15, -0.1) is 0 Å². The molecule has 0 amide bonds. The summed E-state index contributed by atoms with van der Waals surface area (Å²) in [5.74, 6) is 0.137. The Hall–Kier alpha value is -1.36. The molecular formula is C18H20ClNO2S. The van der Waals surface area contributed by atoms with Crippen molar-refractivity contribution in [2.75, 3.05) is 18.8 Å². The van der Waals surface area contributed by atoms with E-state index in [4.69, 9.17) is 11.6 Å². The predicted octanol–water partition coefficient (Wildman–Crippen LogP) is 3.95. The minimum absolute atomic E-state index is 0.137. The molecule has 1 atom stereocenters. The van der Waals surface area contributed by atoms with Crippen LogP contribution >= 0.6 is 11.6 Å². The van der Waals surface area contributed by atoms with Crippen LogP contribution in [0.2, 0.25) is 5.02 Å². The Bertz CT molecular complexity index is 744. The maximum absolute atomic E-state index is 12.5. The van der Waals surface area contributed by atoms with Crippen molar-refractivity contribution >= 4 is 21.4 Å². The number of likely N-dealkylation sites (tertiary alicyclic amines) is 1. The van der Waals surface area contributed by atoms with E-state index in [1.807, 2.05) is 18.2 Å². The Labute approximate surface area is 142 Å². The van der Waals surface area contributed by atoms with Crippen LogP contribution in [0.4, 0.5) is 0 Å². The lowest BCUT2D eigenvalue weighted by molar-refractivity contribution is 0.272. The second-order valence-corrected chi connectivity index (χ2v) is 8.42. The Morgan fingerprint density at radius 2 is 1.74 bits per heavy atom. The first-order chi connectivity index (χ1) is 11.1. The molecule has 0 spiro atoms. The Kier molecular flexibility index (Phi) is 5.05. The molecule has 2 aromatic rings. The number of halogens is 1. The number of benzene rings is 2. The van der Waals surface area contributed by atoms with Crippen LogP contribution in [0.3, 0.4) is 0 Å². The first-order valence-electron chi connectivity index (χ1n) is 7.83. The van der Waals surface area contributed by atoms with Crippen LogP contribution in [0.25, 0.3) is 0 Å². The lowest BCUT2D eigenvalue weighted by atomic mass is 10.1. The van der Waals surface area contributed by atoms with Crippen molar-refractivity contribution in [1.29, 1.82) is 0 Å². The molecule has 1 unspecified atom stereocenters. The van der Waals surface area contributed by atoms with Gasteiger partial charge in [0.2, 0.25) is 0 Å². The molecule has 1 heterocycles. The summed E-state index contributed by atoms with van der Waals surface area (Å²) in [7, 11) is -3.27. The normalized spacial score (nSPS) is 19.1. The zero-order chi connectivity index (χ0) is 16.3. The van der Waals surface area contributed by atoms with Crippen molar-refractivity contribution < 1.29 is 8.42 Å². The molecule has 1 aliphatic rings. The maximum atomic E-state index is 12.5. The summed E-state index contributed by atoms with van der Waals surface area (Å²) in [6.45, 7) is 1.51. The molecule has 0 aromatic heterocycles. The first-order valence-corrected chi connectivity index (χ1v) is 9.86. The number of hydrogen-bond donors (Lipinski definition) is 0. The van der Waals surface area contributed by atoms with E-state index in [1.54, 1.807) is 24.3 Å². The van der Waals surface area contributed by atoms with Crippen LogP contribution in [-0.2, 0) is 9.84 Å². The van der Waals surface area contributed by atoms with Crippen molar-refractivity contribution in [3.8, 4) is 0 Å². The average molecular weight is 350 g/mol. The van der Waals surface area contributed by atoms with Gasteiger partial charge in [0.1, 0.15) is 0 Å². The fraction of sp³-hybridized carbons (Fsp3) is 0.333. The van der Waals surface area contributed by atoms with Crippen LogP contribution in [-0.4, -0.2) is 32.2 Å². The summed E-state index contributed by atoms with van der Waals surface area (Å²) >= 11 is 5.83. The molecule has 0 saturated carbocycles. The molecule has 0 bridgehead atoms. The molecule has 2 aromatic carbocycles. The van der Waals surface area contributed by atoms with Gasteiger partial charge >= 0.3 is 0 Å². The fourth-order valence-corrected chi connectivity index (χ4v) is 4.53. The van der Waals surface area contributed by atoms with Gasteiger partial charge in [-0.3, -0.25) is 4.90 Å². The van der Waals surface area contributed by atoms with Gasteiger partial charge in [0.05, 0.1) is 10.6 Å². The third kappa shape index (κ3) is 3.94. The Morgan fingerprint density at radius 1 is 1.04 bits per heavy atom. The van der Waals surface area contributed by atoms with E-state index in [0.29, 0.717) is 22.5 Å². The highest BCUT2D eigenvalue weighted by atomic mass is 35.5. The topological polar surface area (TPSA) is 37.4 Å². The van der Waals surface area contributed by atoms with Crippen molar-refractivity contribution in [2.45, 2.75) is 23.8 Å². The largest absolute Gasteiger partial charge is 0.295 e. The van der Waals surface area contributed by atoms with Gasteiger partial charge in [-0.1, -0.05) is 41.9 Å². The van der Waals surface area contributed by atoms with Crippen LogP contribution in [0.1, 0.15) is 24.4 Å². The number of nitrogens with zero attached hydrogens (tertiary/aromatic N) is 1. The van der Waals surface area contributed by atoms with Gasteiger partial charge in [0, 0.05) is 17.6 Å². The molecule has 23 heavy (non-hydrogen) atoms. The number of hydrogen-bond acceptors (Lipinski definition) is 3. The first kappa shape index (κ1) is 16.5. The molecule has 5 heteroatoms. The molecule has 0 aliphatic carbocycles. The molecule has 3 nitrogen and oxygen atoms in total. The summed E-state index contributed by atoms with van der Waals surface area (Å²) in [5, 5.41) is 0.549. The molecule has 1 saturated heterocycles. The van der Waals surface area contributed by atoms with Crippen molar-refractivity contribution in [3.05, 3.63) is 65.2 Å². The summed E-state index contributed by atoms with van der Waals surface area (Å²) in [4.78, 5) is 2.63. The van der Waals surface area contributed by atoms with E-state index in [-0.39, 0.29) is 5.75 Å². The summed E-state index contributed by atoms with van der Waals surface area (Å²) in [6.07, 6.45) is 2.20. The van der Waals surface area contributed by atoms with Crippen LogP contribution in [0.5, 0.6) is 0 Å². The van der Waals surface area contributed by atoms with Crippen molar-refractivity contribution in [1.82, 2.24) is 4.90 Å². The SMILES string of the molecule is O=S(=O)(CCN1CCCC1c1ccccc1)c1ccc(Cl)cc1. The van der Waals surface area contributed by atoms with Gasteiger partial charge in [0.25, 0.3) is 0 Å². The van der Waals surface area contributed by atoms with E-state index >= 15 is 0 Å².